The molecule has 0 radical (unpaired) electrons. The van der Waals surface area contributed by atoms with Crippen LogP contribution in [0.5, 0.6) is 0 Å². The molecular weight excluding hydrogens is 521 g/mol. The van der Waals surface area contributed by atoms with Crippen LogP contribution >= 0.6 is 34.4 Å². The van der Waals surface area contributed by atoms with E-state index in [0.29, 0.717) is 29.2 Å². The number of hydrogen-bond donors (Lipinski definition) is 1. The molecule has 0 saturated heterocycles. The fourth-order valence-electron chi connectivity index (χ4n) is 5.67. The predicted molar refractivity (Wildman–Crippen MR) is 152 cm³/mol. The molecule has 2 aliphatic rings. The Balaban J connectivity index is 1.27. The maximum Gasteiger partial charge on any atom is 0.263 e. The highest BCUT2D eigenvalue weighted by molar-refractivity contribution is 7.98. The van der Waals surface area contributed by atoms with Crippen molar-refractivity contribution in [2.45, 2.75) is 62.9 Å². The summed E-state index contributed by atoms with van der Waals surface area (Å²) in [7, 11) is 0. The van der Waals surface area contributed by atoms with E-state index in [-0.39, 0.29) is 11.1 Å². The van der Waals surface area contributed by atoms with E-state index in [1.54, 1.807) is 27.2 Å². The fourth-order valence-corrected chi connectivity index (χ4v) is 9.24. The van der Waals surface area contributed by atoms with Crippen LogP contribution in [0.3, 0.4) is 0 Å². The van der Waals surface area contributed by atoms with Crippen molar-refractivity contribution < 1.29 is 0 Å². The molecule has 0 aliphatic heterocycles. The van der Waals surface area contributed by atoms with E-state index >= 15 is 0 Å². The monoisotopic (exact) mass is 546 g/mol. The number of hydrogen-bond acceptors (Lipinski definition) is 7. The first-order chi connectivity index (χ1) is 18.0. The van der Waals surface area contributed by atoms with Crippen molar-refractivity contribution in [3.8, 4) is 0 Å². The zero-order valence-electron chi connectivity index (χ0n) is 20.5. The van der Waals surface area contributed by atoms with Crippen LogP contribution in [0.1, 0.15) is 52.0 Å². The first-order valence-corrected chi connectivity index (χ1v) is 15.4. The van der Waals surface area contributed by atoms with E-state index in [4.69, 9.17) is 9.97 Å². The lowest BCUT2D eigenvalue weighted by Gasteiger charge is -2.17. The highest BCUT2D eigenvalue weighted by atomic mass is 32.2. The second-order valence-corrected chi connectivity index (χ2v) is 13.3. The van der Waals surface area contributed by atoms with Crippen LogP contribution in [0, 0.1) is 5.92 Å². The summed E-state index contributed by atoms with van der Waals surface area (Å²) in [5.74, 6) is 1.72. The Kier molecular flexibility index (Phi) is 5.82. The summed E-state index contributed by atoms with van der Waals surface area (Å²) in [4.78, 5) is 44.0. The van der Waals surface area contributed by atoms with Gasteiger partial charge in [0, 0.05) is 9.75 Å². The molecule has 6 nitrogen and oxygen atoms in total. The minimum atomic E-state index is -0.0487. The number of fused-ring (bicyclic) bond motifs is 6. The third-order valence-corrected chi connectivity index (χ3v) is 10.8. The average Bonchev–Trinajstić information content (AvgIpc) is 3.57. The number of benzene rings is 1. The third-order valence-electron chi connectivity index (χ3n) is 7.53. The molecule has 0 spiro atoms. The molecule has 1 atom stereocenters. The third kappa shape index (κ3) is 4.08. The minimum absolute atomic E-state index is 0.0349. The van der Waals surface area contributed by atoms with Gasteiger partial charge in [0.15, 0.2) is 5.16 Å². The maximum atomic E-state index is 13.8. The lowest BCUT2D eigenvalue weighted by Crippen LogP contribution is -2.24. The standard InChI is InChI=1S/C28H26N4O2S3/c1-15-10-11-18-20(12-15)37-25-22(18)24(33)29-21(30-25)14-35-28-31-26-23(17-8-5-9-19(17)36-26)27(34)32(28)13-16-6-3-2-4-7-16/h2-4,6-7,15H,5,8-14H2,1H3,(H,29,30,33)/t15-/m0/s1. The smallest absolute Gasteiger partial charge is 0.263 e. The van der Waals surface area contributed by atoms with E-state index in [9.17, 15) is 9.59 Å². The molecule has 7 rings (SSSR count). The summed E-state index contributed by atoms with van der Waals surface area (Å²) in [6.07, 6.45) is 6.20. The van der Waals surface area contributed by atoms with Crippen molar-refractivity contribution in [3.05, 3.63) is 83.3 Å². The topological polar surface area (TPSA) is 80.6 Å². The molecule has 0 saturated carbocycles. The molecule has 0 fully saturated rings. The van der Waals surface area contributed by atoms with E-state index in [1.807, 2.05) is 30.3 Å². The normalized spacial score (nSPS) is 16.9. The SMILES string of the molecule is C[C@H]1CCc2c(sc3nc(CSc4nc5sc6c(c5c(=O)n4Cc4ccccc4)CCC6)[nH]c(=O)c23)C1. The molecule has 0 bridgehead atoms. The van der Waals surface area contributed by atoms with E-state index < -0.39 is 0 Å². The quantitative estimate of drug-likeness (QED) is 0.226. The van der Waals surface area contributed by atoms with Crippen LogP contribution in [0.2, 0.25) is 0 Å². The summed E-state index contributed by atoms with van der Waals surface area (Å²) in [6, 6.07) is 10.0. The predicted octanol–water partition coefficient (Wildman–Crippen LogP) is 5.71. The second kappa shape index (κ2) is 9.22. The minimum Gasteiger partial charge on any atom is -0.309 e. The number of thioether (sulfide) groups is 1. The number of aryl methyl sites for hydroxylation is 3. The lowest BCUT2D eigenvalue weighted by atomic mass is 9.89. The number of aromatic nitrogens is 4. The second-order valence-electron chi connectivity index (χ2n) is 10.1. The zero-order valence-corrected chi connectivity index (χ0v) is 23.0. The van der Waals surface area contributed by atoms with Gasteiger partial charge in [0.2, 0.25) is 0 Å². The molecular formula is C28H26N4O2S3. The Morgan fingerprint density at radius 3 is 2.65 bits per heavy atom. The van der Waals surface area contributed by atoms with Crippen molar-refractivity contribution in [2.75, 3.05) is 0 Å². The number of rotatable bonds is 5. The number of aromatic amines is 1. The summed E-state index contributed by atoms with van der Waals surface area (Å²) in [6.45, 7) is 2.74. The van der Waals surface area contributed by atoms with Crippen LogP contribution in [0.4, 0.5) is 0 Å². The number of nitrogens with one attached hydrogen (secondary N) is 1. The Morgan fingerprint density at radius 1 is 1.00 bits per heavy atom. The first kappa shape index (κ1) is 23.4. The Bertz CT molecular complexity index is 1780. The van der Waals surface area contributed by atoms with Crippen LogP contribution in [-0.4, -0.2) is 19.5 Å². The summed E-state index contributed by atoms with van der Waals surface area (Å²) >= 11 is 4.80. The van der Waals surface area contributed by atoms with Crippen molar-refractivity contribution in [1.82, 2.24) is 19.5 Å². The van der Waals surface area contributed by atoms with Gasteiger partial charge in [0.05, 0.1) is 23.1 Å². The van der Waals surface area contributed by atoms with Crippen molar-refractivity contribution >= 4 is 54.9 Å². The van der Waals surface area contributed by atoms with Gasteiger partial charge < -0.3 is 4.98 Å². The molecule has 37 heavy (non-hydrogen) atoms. The number of nitrogens with zero attached hydrogens (tertiary/aromatic N) is 3. The molecule has 0 amide bonds. The lowest BCUT2D eigenvalue weighted by molar-refractivity contribution is 0.509. The van der Waals surface area contributed by atoms with Crippen LogP contribution in [-0.2, 0) is 38.0 Å². The van der Waals surface area contributed by atoms with E-state index in [2.05, 4.69) is 11.9 Å². The van der Waals surface area contributed by atoms with Crippen LogP contribution < -0.4 is 11.1 Å². The molecule has 5 aromatic rings. The first-order valence-electron chi connectivity index (χ1n) is 12.8. The van der Waals surface area contributed by atoms with Gasteiger partial charge >= 0.3 is 0 Å². The van der Waals surface area contributed by atoms with Crippen LogP contribution in [0.15, 0.2) is 45.1 Å². The van der Waals surface area contributed by atoms with E-state index in [0.717, 1.165) is 64.5 Å². The van der Waals surface area contributed by atoms with Crippen molar-refractivity contribution in [3.63, 3.8) is 0 Å². The summed E-state index contributed by atoms with van der Waals surface area (Å²) in [5.41, 5.74) is 3.44. The number of H-pyrrole nitrogens is 1. The highest BCUT2D eigenvalue weighted by Gasteiger charge is 2.25. The van der Waals surface area contributed by atoms with Gasteiger partial charge in [-0.1, -0.05) is 49.0 Å². The van der Waals surface area contributed by atoms with Crippen molar-refractivity contribution in [1.29, 1.82) is 0 Å². The van der Waals surface area contributed by atoms with E-state index in [1.165, 1.54) is 32.6 Å². The summed E-state index contributed by atoms with van der Waals surface area (Å²) in [5, 5.41) is 2.24. The number of thiophene rings is 2. The molecule has 0 unspecified atom stereocenters. The van der Waals surface area contributed by atoms with Gasteiger partial charge in [-0.05, 0) is 61.1 Å². The van der Waals surface area contributed by atoms with Crippen LogP contribution in [0.25, 0.3) is 20.4 Å². The molecule has 188 valence electrons. The van der Waals surface area contributed by atoms with Gasteiger partial charge in [-0.3, -0.25) is 14.2 Å². The Morgan fingerprint density at radius 2 is 1.78 bits per heavy atom. The largest absolute Gasteiger partial charge is 0.309 e. The molecule has 4 aromatic heterocycles. The van der Waals surface area contributed by atoms with Gasteiger partial charge in [-0.25, -0.2) is 9.97 Å². The molecule has 1 N–H and O–H groups in total. The Labute approximate surface area is 225 Å². The van der Waals surface area contributed by atoms with Gasteiger partial charge in [0.1, 0.15) is 15.5 Å². The molecule has 4 heterocycles. The molecule has 9 heteroatoms. The summed E-state index contributed by atoms with van der Waals surface area (Å²) < 4.78 is 1.80. The van der Waals surface area contributed by atoms with Crippen molar-refractivity contribution in [2.24, 2.45) is 5.92 Å². The average molecular weight is 547 g/mol. The maximum absolute atomic E-state index is 13.8. The highest BCUT2D eigenvalue weighted by Crippen LogP contribution is 2.37. The zero-order chi connectivity index (χ0) is 25.1. The van der Waals surface area contributed by atoms with Gasteiger partial charge in [0.25, 0.3) is 11.1 Å². The van der Waals surface area contributed by atoms with Gasteiger partial charge in [-0.15, -0.1) is 22.7 Å². The molecule has 1 aromatic carbocycles. The fraction of sp³-hybridized carbons (Fsp3) is 0.357. The van der Waals surface area contributed by atoms with Gasteiger partial charge in [-0.2, -0.15) is 0 Å². The Hall–Kier alpha value is -2.75. The molecule has 2 aliphatic carbocycles.